The number of nitrogens with one attached hydrogen (secondary N) is 1. The fraction of sp³-hybridized carbons (Fsp3) is 0.125. The molecule has 3 aromatic rings. The van der Waals surface area contributed by atoms with E-state index in [0.29, 0.717) is 39.7 Å². The zero-order chi connectivity index (χ0) is 15.7. The average molecular weight is 380 g/mol. The summed E-state index contributed by atoms with van der Waals surface area (Å²) in [5.41, 5.74) is 2.71. The van der Waals surface area contributed by atoms with Gasteiger partial charge in [0.2, 0.25) is 11.8 Å². The Balaban J connectivity index is 2.02. The Kier molecular flexibility index (Phi) is 4.18. The number of amides is 1. The van der Waals surface area contributed by atoms with E-state index in [-0.39, 0.29) is 5.91 Å². The van der Waals surface area contributed by atoms with Crippen LogP contribution in [0.5, 0.6) is 0 Å². The second kappa shape index (κ2) is 6.10. The van der Waals surface area contributed by atoms with Crippen LogP contribution in [0.1, 0.15) is 13.3 Å². The van der Waals surface area contributed by atoms with Crippen LogP contribution in [0, 0.1) is 0 Å². The number of aromatic nitrogens is 1. The third-order valence-corrected chi connectivity index (χ3v) is 3.97. The van der Waals surface area contributed by atoms with Crippen LogP contribution in [0.15, 0.2) is 45.3 Å². The summed E-state index contributed by atoms with van der Waals surface area (Å²) < 4.78 is 6.64. The molecular weight excluding hydrogens is 368 g/mol. The first-order valence-corrected chi connectivity index (χ1v) is 7.90. The largest absolute Gasteiger partial charge is 0.436 e. The van der Waals surface area contributed by atoms with Crippen molar-refractivity contribution in [1.82, 2.24) is 4.98 Å². The van der Waals surface area contributed by atoms with Crippen LogP contribution in [-0.4, -0.2) is 10.9 Å². The average Bonchev–Trinajstić information content (AvgIpc) is 2.92. The topological polar surface area (TPSA) is 55.1 Å². The van der Waals surface area contributed by atoms with E-state index in [0.717, 1.165) is 4.47 Å². The molecule has 1 N–H and O–H groups in total. The summed E-state index contributed by atoms with van der Waals surface area (Å²) in [4.78, 5) is 15.9. The molecule has 0 saturated heterocycles. The number of anilines is 1. The Labute approximate surface area is 140 Å². The van der Waals surface area contributed by atoms with Crippen LogP contribution in [0.2, 0.25) is 5.02 Å². The van der Waals surface area contributed by atoms with Gasteiger partial charge in [-0.1, -0.05) is 34.5 Å². The Morgan fingerprint density at radius 2 is 2.14 bits per heavy atom. The van der Waals surface area contributed by atoms with Crippen LogP contribution in [-0.2, 0) is 4.79 Å². The Morgan fingerprint density at radius 3 is 2.91 bits per heavy atom. The summed E-state index contributed by atoms with van der Waals surface area (Å²) in [6, 6.07) is 10.8. The number of halogens is 2. The minimum atomic E-state index is -0.0434. The lowest BCUT2D eigenvalue weighted by Gasteiger charge is -2.01. The smallest absolute Gasteiger partial charge is 0.228 e. The van der Waals surface area contributed by atoms with Crippen LogP contribution in [0.4, 0.5) is 5.69 Å². The van der Waals surface area contributed by atoms with Gasteiger partial charge in [0.25, 0.3) is 0 Å². The molecule has 3 rings (SSSR count). The van der Waals surface area contributed by atoms with Gasteiger partial charge in [0.15, 0.2) is 5.58 Å². The van der Waals surface area contributed by atoms with Gasteiger partial charge in [0, 0.05) is 16.6 Å². The third kappa shape index (κ3) is 3.00. The molecule has 0 fully saturated rings. The minimum Gasteiger partial charge on any atom is -0.436 e. The summed E-state index contributed by atoms with van der Waals surface area (Å²) in [5.74, 6) is 0.401. The molecule has 1 amide bonds. The van der Waals surface area contributed by atoms with Crippen molar-refractivity contribution in [3.8, 4) is 11.5 Å². The number of oxazole rings is 1. The van der Waals surface area contributed by atoms with E-state index in [4.69, 9.17) is 16.0 Å². The molecule has 2 aromatic carbocycles. The van der Waals surface area contributed by atoms with Crippen molar-refractivity contribution >= 4 is 50.2 Å². The van der Waals surface area contributed by atoms with Crippen molar-refractivity contribution in [2.75, 3.05) is 5.32 Å². The number of carbonyl (C=O) groups is 1. The highest BCUT2D eigenvalue weighted by Gasteiger charge is 2.13. The highest BCUT2D eigenvalue weighted by molar-refractivity contribution is 9.10. The molecule has 0 spiro atoms. The lowest BCUT2D eigenvalue weighted by atomic mass is 10.2. The summed E-state index contributed by atoms with van der Waals surface area (Å²) in [6.45, 7) is 1.80. The van der Waals surface area contributed by atoms with Gasteiger partial charge in [-0.05, 0) is 36.4 Å². The summed E-state index contributed by atoms with van der Waals surface area (Å²) >= 11 is 9.61. The van der Waals surface area contributed by atoms with Crippen LogP contribution >= 0.6 is 27.5 Å². The fourth-order valence-corrected chi connectivity index (χ4v) is 2.59. The summed E-state index contributed by atoms with van der Waals surface area (Å²) in [6.07, 6.45) is 0.426. The molecule has 0 aliphatic heterocycles. The van der Waals surface area contributed by atoms with Gasteiger partial charge in [-0.15, -0.1) is 0 Å². The normalized spacial score (nSPS) is 10.9. The van der Waals surface area contributed by atoms with E-state index in [1.807, 2.05) is 12.1 Å². The molecule has 0 unspecified atom stereocenters. The zero-order valence-corrected chi connectivity index (χ0v) is 14.0. The van der Waals surface area contributed by atoms with E-state index < -0.39 is 0 Å². The van der Waals surface area contributed by atoms with E-state index in [1.165, 1.54) is 0 Å². The second-order valence-electron chi connectivity index (χ2n) is 4.73. The third-order valence-electron chi connectivity index (χ3n) is 3.15. The van der Waals surface area contributed by atoms with Crippen molar-refractivity contribution in [1.29, 1.82) is 0 Å². The molecule has 0 bridgehead atoms. The molecule has 112 valence electrons. The zero-order valence-electron chi connectivity index (χ0n) is 11.7. The van der Waals surface area contributed by atoms with Crippen molar-refractivity contribution in [3.63, 3.8) is 0 Å². The summed E-state index contributed by atoms with van der Waals surface area (Å²) in [5, 5.41) is 3.36. The van der Waals surface area contributed by atoms with Crippen LogP contribution < -0.4 is 5.32 Å². The lowest BCUT2D eigenvalue weighted by molar-refractivity contribution is -0.115. The van der Waals surface area contributed by atoms with Crippen molar-refractivity contribution < 1.29 is 9.21 Å². The van der Waals surface area contributed by atoms with E-state index in [1.54, 1.807) is 31.2 Å². The van der Waals surface area contributed by atoms with Gasteiger partial charge in [-0.25, -0.2) is 4.98 Å². The van der Waals surface area contributed by atoms with Gasteiger partial charge >= 0.3 is 0 Å². The standard InChI is InChI=1S/C16H12BrClN2O2/c1-2-15(21)19-10-4-6-14-13(8-10)20-16(22-14)11-7-9(17)3-5-12(11)18/h3-8H,2H2,1H3,(H,19,21). The fourth-order valence-electron chi connectivity index (χ4n) is 2.03. The predicted molar refractivity (Wildman–Crippen MR) is 91.1 cm³/mol. The predicted octanol–water partition coefficient (Wildman–Crippen LogP) is 5.26. The number of carbonyl (C=O) groups excluding carboxylic acids is 1. The Morgan fingerprint density at radius 1 is 1.32 bits per heavy atom. The van der Waals surface area contributed by atoms with Crippen LogP contribution in [0.25, 0.3) is 22.6 Å². The molecule has 0 radical (unpaired) electrons. The highest BCUT2D eigenvalue weighted by Crippen LogP contribution is 2.32. The number of fused-ring (bicyclic) bond motifs is 1. The minimum absolute atomic E-state index is 0.0434. The maximum Gasteiger partial charge on any atom is 0.228 e. The first-order chi connectivity index (χ1) is 10.6. The summed E-state index contributed by atoms with van der Waals surface area (Å²) in [7, 11) is 0. The highest BCUT2D eigenvalue weighted by atomic mass is 79.9. The SMILES string of the molecule is CCC(=O)Nc1ccc2oc(-c3cc(Br)ccc3Cl)nc2c1. The molecule has 4 nitrogen and oxygen atoms in total. The first-order valence-electron chi connectivity index (χ1n) is 6.72. The molecule has 0 aliphatic rings. The first kappa shape index (κ1) is 15.1. The number of hydrogen-bond donors (Lipinski definition) is 1. The Bertz CT molecular complexity index is 860. The second-order valence-corrected chi connectivity index (χ2v) is 6.05. The molecular formula is C16H12BrClN2O2. The molecule has 6 heteroatoms. The molecule has 0 atom stereocenters. The van der Waals surface area contributed by atoms with E-state index >= 15 is 0 Å². The number of benzene rings is 2. The molecule has 1 aromatic heterocycles. The van der Waals surface area contributed by atoms with Gasteiger partial charge in [0.05, 0.1) is 10.6 Å². The molecule has 0 aliphatic carbocycles. The van der Waals surface area contributed by atoms with E-state index in [9.17, 15) is 4.79 Å². The van der Waals surface area contributed by atoms with Crippen molar-refractivity contribution in [3.05, 3.63) is 45.9 Å². The van der Waals surface area contributed by atoms with Crippen LogP contribution in [0.3, 0.4) is 0 Å². The molecule has 1 heterocycles. The van der Waals surface area contributed by atoms with E-state index in [2.05, 4.69) is 26.2 Å². The lowest BCUT2D eigenvalue weighted by Crippen LogP contribution is -2.08. The van der Waals surface area contributed by atoms with Gasteiger partial charge in [0.1, 0.15) is 5.52 Å². The molecule has 22 heavy (non-hydrogen) atoms. The maximum atomic E-state index is 11.4. The van der Waals surface area contributed by atoms with Crippen molar-refractivity contribution in [2.45, 2.75) is 13.3 Å². The monoisotopic (exact) mass is 378 g/mol. The quantitative estimate of drug-likeness (QED) is 0.675. The number of rotatable bonds is 3. The molecule has 0 saturated carbocycles. The van der Waals surface area contributed by atoms with Gasteiger partial charge in [-0.3, -0.25) is 4.79 Å². The number of nitrogens with zero attached hydrogens (tertiary/aromatic N) is 1. The Hall–Kier alpha value is -1.85. The maximum absolute atomic E-state index is 11.4. The van der Waals surface area contributed by atoms with Gasteiger partial charge < -0.3 is 9.73 Å². The van der Waals surface area contributed by atoms with Crippen molar-refractivity contribution in [2.24, 2.45) is 0 Å². The number of hydrogen-bond acceptors (Lipinski definition) is 3. The van der Waals surface area contributed by atoms with Gasteiger partial charge in [-0.2, -0.15) is 0 Å².